The molecule has 7 nitrogen and oxygen atoms in total. The number of esters is 1. The number of ketones is 1. The van der Waals surface area contributed by atoms with Crippen molar-refractivity contribution in [1.29, 1.82) is 5.26 Å². The maximum Gasteiger partial charge on any atom is 0.339 e. The highest BCUT2D eigenvalue weighted by Gasteiger charge is 2.35. The van der Waals surface area contributed by atoms with Gasteiger partial charge in [0.2, 0.25) is 5.78 Å². The SMILES string of the molecule is COc1ccc(C=C2CC(C(C)(C)C)Cc3c2nc2ccccc2c3C(=O)OCC(=O)C(C#N)=C(C)N)cc1. The number of ether oxygens (including phenoxy) is 2. The van der Waals surface area contributed by atoms with E-state index in [1.54, 1.807) is 13.2 Å². The van der Waals surface area contributed by atoms with Gasteiger partial charge in [-0.1, -0.05) is 51.1 Å². The summed E-state index contributed by atoms with van der Waals surface area (Å²) in [5.74, 6) is -0.246. The first-order chi connectivity index (χ1) is 18.5. The van der Waals surface area contributed by atoms with Crippen LogP contribution in [-0.4, -0.2) is 30.5 Å². The fourth-order valence-corrected chi connectivity index (χ4v) is 4.92. The van der Waals surface area contributed by atoms with Gasteiger partial charge in [0.1, 0.15) is 17.4 Å². The van der Waals surface area contributed by atoms with Gasteiger partial charge in [-0.15, -0.1) is 0 Å². The lowest BCUT2D eigenvalue weighted by Crippen LogP contribution is -2.29. The van der Waals surface area contributed by atoms with Gasteiger partial charge in [0, 0.05) is 11.1 Å². The maximum atomic E-state index is 13.6. The van der Waals surface area contributed by atoms with Crippen LogP contribution >= 0.6 is 0 Å². The second-order valence-corrected chi connectivity index (χ2v) is 10.9. The molecule has 0 bridgehead atoms. The van der Waals surface area contributed by atoms with Crippen LogP contribution in [0.2, 0.25) is 0 Å². The molecule has 1 aromatic heterocycles. The van der Waals surface area contributed by atoms with E-state index in [0.29, 0.717) is 22.9 Å². The van der Waals surface area contributed by atoms with E-state index in [1.807, 2.05) is 48.5 Å². The number of para-hydroxylation sites is 1. The molecule has 1 atom stereocenters. The minimum Gasteiger partial charge on any atom is -0.497 e. The number of rotatable bonds is 6. The summed E-state index contributed by atoms with van der Waals surface area (Å²) < 4.78 is 10.8. The lowest BCUT2D eigenvalue weighted by molar-refractivity contribution is -0.118. The molecule has 2 aromatic carbocycles. The molecule has 7 heteroatoms. The average Bonchev–Trinajstić information content (AvgIpc) is 2.90. The predicted octanol–water partition coefficient (Wildman–Crippen LogP) is 5.87. The van der Waals surface area contributed by atoms with Crippen LogP contribution in [0.4, 0.5) is 0 Å². The van der Waals surface area contributed by atoms with Gasteiger partial charge in [-0.3, -0.25) is 4.79 Å². The van der Waals surface area contributed by atoms with Crippen molar-refractivity contribution in [2.45, 2.75) is 40.5 Å². The number of carbonyl (C=O) groups is 2. The molecule has 4 rings (SSSR count). The number of nitrogens with zero attached hydrogens (tertiary/aromatic N) is 2. The number of methoxy groups -OCH3 is 1. The number of nitriles is 1. The van der Waals surface area contributed by atoms with Crippen LogP contribution in [-0.2, 0) is 16.0 Å². The van der Waals surface area contributed by atoms with Crippen LogP contribution in [0.5, 0.6) is 5.75 Å². The Morgan fingerprint density at radius 2 is 1.82 bits per heavy atom. The second-order valence-electron chi connectivity index (χ2n) is 10.9. The highest BCUT2D eigenvalue weighted by Crippen LogP contribution is 2.45. The van der Waals surface area contributed by atoms with Crippen LogP contribution in [0.15, 0.2) is 59.8 Å². The molecule has 0 saturated heterocycles. The zero-order valence-corrected chi connectivity index (χ0v) is 23.0. The number of hydrogen-bond donors (Lipinski definition) is 1. The van der Waals surface area contributed by atoms with Gasteiger partial charge in [0.15, 0.2) is 6.61 Å². The Labute approximate surface area is 228 Å². The Morgan fingerprint density at radius 1 is 1.13 bits per heavy atom. The maximum absolute atomic E-state index is 13.6. The second kappa shape index (κ2) is 11.1. The van der Waals surface area contributed by atoms with Crippen molar-refractivity contribution in [3.8, 4) is 11.8 Å². The molecule has 0 amide bonds. The van der Waals surface area contributed by atoms with Crippen molar-refractivity contribution in [3.05, 3.63) is 82.2 Å². The number of hydrogen-bond acceptors (Lipinski definition) is 7. The van der Waals surface area contributed by atoms with Gasteiger partial charge in [-0.05, 0) is 72.1 Å². The largest absolute Gasteiger partial charge is 0.497 e. The van der Waals surface area contributed by atoms with E-state index >= 15 is 0 Å². The normalized spacial score (nSPS) is 16.7. The summed E-state index contributed by atoms with van der Waals surface area (Å²) in [6.07, 6.45) is 3.55. The minimum absolute atomic E-state index is 0.0371. The highest BCUT2D eigenvalue weighted by atomic mass is 16.5. The molecule has 0 fully saturated rings. The minimum atomic E-state index is -0.634. The molecular formula is C32H33N3O4. The summed E-state index contributed by atoms with van der Waals surface area (Å²) in [4.78, 5) is 31.2. The van der Waals surface area contributed by atoms with Crippen LogP contribution in [0.3, 0.4) is 0 Å². The fraction of sp³-hybridized carbons (Fsp3) is 0.312. The predicted molar refractivity (Wildman–Crippen MR) is 152 cm³/mol. The van der Waals surface area contributed by atoms with Crippen LogP contribution in [0.1, 0.15) is 61.3 Å². The van der Waals surface area contributed by atoms with Crippen molar-refractivity contribution in [3.63, 3.8) is 0 Å². The van der Waals surface area contributed by atoms with E-state index in [0.717, 1.165) is 34.6 Å². The van der Waals surface area contributed by atoms with E-state index in [-0.39, 0.29) is 22.6 Å². The van der Waals surface area contributed by atoms with Crippen molar-refractivity contribution in [1.82, 2.24) is 4.98 Å². The Balaban J connectivity index is 1.85. The number of Topliss-reactive ketones (excluding diaryl/α,β-unsaturated/α-hetero) is 1. The number of carbonyl (C=O) groups excluding carboxylic acids is 2. The summed E-state index contributed by atoms with van der Waals surface area (Å²) in [7, 11) is 1.64. The number of nitrogens with two attached hydrogens (primary N) is 1. The molecule has 0 aliphatic heterocycles. The van der Waals surface area contributed by atoms with Gasteiger partial charge in [0.05, 0.1) is 23.9 Å². The highest BCUT2D eigenvalue weighted by molar-refractivity contribution is 6.08. The molecule has 200 valence electrons. The molecule has 1 aliphatic rings. The lowest BCUT2D eigenvalue weighted by Gasteiger charge is -2.36. The Bertz CT molecular complexity index is 1530. The molecule has 1 aliphatic carbocycles. The zero-order valence-electron chi connectivity index (χ0n) is 23.0. The van der Waals surface area contributed by atoms with E-state index < -0.39 is 18.4 Å². The molecule has 0 radical (unpaired) electrons. The van der Waals surface area contributed by atoms with Gasteiger partial charge in [0.25, 0.3) is 0 Å². The number of aromatic nitrogens is 1. The first-order valence-corrected chi connectivity index (χ1v) is 12.9. The molecule has 0 saturated carbocycles. The van der Waals surface area contributed by atoms with Gasteiger partial charge in [-0.2, -0.15) is 5.26 Å². The van der Waals surface area contributed by atoms with Crippen molar-refractivity contribution in [2.75, 3.05) is 13.7 Å². The molecule has 3 aromatic rings. The lowest BCUT2D eigenvalue weighted by atomic mass is 9.69. The average molecular weight is 524 g/mol. The van der Waals surface area contributed by atoms with Crippen LogP contribution in [0.25, 0.3) is 22.6 Å². The first-order valence-electron chi connectivity index (χ1n) is 12.9. The van der Waals surface area contributed by atoms with Crippen molar-refractivity contribution in [2.24, 2.45) is 17.1 Å². The van der Waals surface area contributed by atoms with Crippen molar-refractivity contribution < 1.29 is 19.1 Å². The molecule has 1 unspecified atom stereocenters. The zero-order chi connectivity index (χ0) is 28.3. The van der Waals surface area contributed by atoms with Gasteiger partial charge >= 0.3 is 5.97 Å². The summed E-state index contributed by atoms with van der Waals surface area (Å²) in [5.41, 5.74) is 10.2. The third kappa shape index (κ3) is 5.85. The van der Waals surface area contributed by atoms with Crippen LogP contribution in [0, 0.1) is 22.7 Å². The Kier molecular flexibility index (Phi) is 7.87. The third-order valence-corrected chi connectivity index (χ3v) is 7.22. The summed E-state index contributed by atoms with van der Waals surface area (Å²) >= 11 is 0. The number of allylic oxidation sites excluding steroid dienone is 2. The smallest absolute Gasteiger partial charge is 0.339 e. The van der Waals surface area contributed by atoms with E-state index in [9.17, 15) is 14.9 Å². The number of pyridine rings is 1. The molecule has 1 heterocycles. The van der Waals surface area contributed by atoms with Crippen LogP contribution < -0.4 is 10.5 Å². The third-order valence-electron chi connectivity index (χ3n) is 7.22. The first kappa shape index (κ1) is 27.6. The summed E-state index contributed by atoms with van der Waals surface area (Å²) in [6, 6.07) is 17.1. The van der Waals surface area contributed by atoms with E-state index in [2.05, 4.69) is 26.8 Å². The van der Waals surface area contributed by atoms with E-state index in [1.165, 1.54) is 6.92 Å². The van der Waals surface area contributed by atoms with Gasteiger partial charge < -0.3 is 15.2 Å². The molecule has 2 N–H and O–H groups in total. The monoisotopic (exact) mass is 523 g/mol. The Morgan fingerprint density at radius 3 is 2.44 bits per heavy atom. The Hall–Kier alpha value is -4.44. The number of fused-ring (bicyclic) bond motifs is 2. The van der Waals surface area contributed by atoms with Gasteiger partial charge in [-0.25, -0.2) is 9.78 Å². The quantitative estimate of drug-likeness (QED) is 0.244. The van der Waals surface area contributed by atoms with E-state index in [4.69, 9.17) is 20.2 Å². The standard InChI is InChI=1S/C32H33N3O4/c1-19(34)26(17-33)28(36)18-39-31(37)29-24-8-6-7-9-27(24)35-30-21(14-20-10-12-23(38-5)13-11-20)15-22(16-25(29)30)32(2,3)4/h6-14,22H,15-16,18,34H2,1-5H3. The number of benzene rings is 2. The molecule has 39 heavy (non-hydrogen) atoms. The summed E-state index contributed by atoms with van der Waals surface area (Å²) in [5, 5.41) is 9.93. The van der Waals surface area contributed by atoms with Crippen molar-refractivity contribution >= 4 is 34.3 Å². The molecule has 0 spiro atoms. The molecular weight excluding hydrogens is 490 g/mol. The summed E-state index contributed by atoms with van der Waals surface area (Å²) in [6.45, 7) is 7.49. The fourth-order valence-electron chi connectivity index (χ4n) is 4.92. The topological polar surface area (TPSA) is 115 Å².